The first kappa shape index (κ1) is 8.85. The van der Waals surface area contributed by atoms with E-state index in [2.05, 4.69) is 15.4 Å². The third-order valence-corrected chi connectivity index (χ3v) is 2.72. The van der Waals surface area contributed by atoms with E-state index in [4.69, 9.17) is 0 Å². The van der Waals surface area contributed by atoms with Gasteiger partial charge in [-0.15, -0.1) is 5.10 Å². The van der Waals surface area contributed by atoms with Crippen LogP contribution in [0.3, 0.4) is 0 Å². The summed E-state index contributed by atoms with van der Waals surface area (Å²) in [5, 5.41) is 7.87. The zero-order valence-electron chi connectivity index (χ0n) is 8.77. The number of pyridine rings is 1. The van der Waals surface area contributed by atoms with E-state index < -0.39 is 0 Å². The number of aryl methyl sites for hydroxylation is 1. The highest BCUT2D eigenvalue weighted by Gasteiger charge is 2.20. The van der Waals surface area contributed by atoms with Crippen molar-refractivity contribution in [3.63, 3.8) is 0 Å². The van der Waals surface area contributed by atoms with Gasteiger partial charge in [-0.05, 0) is 31.9 Å². The van der Waals surface area contributed by atoms with Gasteiger partial charge in [0.1, 0.15) is 0 Å². The maximum absolute atomic E-state index is 4.46. The molecule has 0 saturated heterocycles. The van der Waals surface area contributed by atoms with Crippen molar-refractivity contribution < 1.29 is 0 Å². The van der Waals surface area contributed by atoms with Crippen LogP contribution in [0, 0.1) is 6.92 Å². The third kappa shape index (κ3) is 1.72. The number of hydrogen-bond donors (Lipinski definition) is 1. The Labute approximate surface area is 88.3 Å². The normalized spacial score (nSPS) is 16.1. The van der Waals surface area contributed by atoms with E-state index in [0.29, 0.717) is 6.04 Å². The minimum absolute atomic E-state index is 0.706. The number of nitrogens with one attached hydrogen (secondary N) is 1. The Morgan fingerprint density at radius 1 is 1.47 bits per heavy atom. The van der Waals surface area contributed by atoms with Gasteiger partial charge in [-0.25, -0.2) is 9.50 Å². The average Bonchev–Trinajstić information content (AvgIpc) is 2.95. The molecule has 1 N–H and O–H groups in total. The fourth-order valence-corrected chi connectivity index (χ4v) is 1.68. The lowest BCUT2D eigenvalue weighted by molar-refractivity contribution is 0.655. The number of rotatable bonds is 3. The van der Waals surface area contributed by atoms with Gasteiger partial charge in [-0.2, -0.15) is 0 Å². The predicted octanol–water partition coefficient (Wildman–Crippen LogP) is 1.29. The minimum Gasteiger partial charge on any atom is -0.307 e. The van der Waals surface area contributed by atoms with Gasteiger partial charge in [0.15, 0.2) is 11.5 Å². The Kier molecular flexibility index (Phi) is 1.95. The number of aromatic nitrogens is 3. The topological polar surface area (TPSA) is 42.2 Å². The van der Waals surface area contributed by atoms with E-state index in [9.17, 15) is 0 Å². The third-order valence-electron chi connectivity index (χ3n) is 2.72. The molecule has 78 valence electrons. The first-order valence-corrected chi connectivity index (χ1v) is 5.37. The van der Waals surface area contributed by atoms with Crippen LogP contribution in [0.15, 0.2) is 18.2 Å². The van der Waals surface area contributed by atoms with Gasteiger partial charge in [0.25, 0.3) is 0 Å². The number of fused-ring (bicyclic) bond motifs is 1. The zero-order valence-corrected chi connectivity index (χ0v) is 8.77. The first-order valence-electron chi connectivity index (χ1n) is 5.37. The average molecular weight is 202 g/mol. The van der Waals surface area contributed by atoms with Gasteiger partial charge in [0.2, 0.25) is 0 Å². The summed E-state index contributed by atoms with van der Waals surface area (Å²) in [7, 11) is 0. The van der Waals surface area contributed by atoms with Gasteiger partial charge >= 0.3 is 0 Å². The molecule has 1 aliphatic rings. The SMILES string of the molecule is Cc1cccc2nc(CNC3CC3)nn12. The molecule has 1 saturated carbocycles. The van der Waals surface area contributed by atoms with E-state index >= 15 is 0 Å². The second kappa shape index (κ2) is 3.31. The van der Waals surface area contributed by atoms with E-state index in [1.807, 2.05) is 29.6 Å². The van der Waals surface area contributed by atoms with Crippen LogP contribution in [0.4, 0.5) is 0 Å². The molecule has 4 nitrogen and oxygen atoms in total. The highest BCUT2D eigenvalue weighted by atomic mass is 15.3. The maximum atomic E-state index is 4.46. The Morgan fingerprint density at radius 2 is 2.33 bits per heavy atom. The molecule has 0 unspecified atom stereocenters. The van der Waals surface area contributed by atoms with Crippen LogP contribution < -0.4 is 5.32 Å². The quantitative estimate of drug-likeness (QED) is 0.815. The summed E-state index contributed by atoms with van der Waals surface area (Å²) in [6, 6.07) is 6.75. The first-order chi connectivity index (χ1) is 7.33. The smallest absolute Gasteiger partial charge is 0.165 e. The summed E-state index contributed by atoms with van der Waals surface area (Å²) in [5.74, 6) is 0.885. The lowest BCUT2D eigenvalue weighted by atomic mass is 10.4. The molecule has 2 aromatic heterocycles. The molecule has 15 heavy (non-hydrogen) atoms. The van der Waals surface area contributed by atoms with Crippen LogP contribution in [0.25, 0.3) is 5.65 Å². The predicted molar refractivity (Wildman–Crippen MR) is 57.6 cm³/mol. The monoisotopic (exact) mass is 202 g/mol. The molecule has 0 atom stereocenters. The molecule has 1 fully saturated rings. The summed E-state index contributed by atoms with van der Waals surface area (Å²) < 4.78 is 1.89. The molecule has 3 rings (SSSR count). The Hall–Kier alpha value is -1.42. The van der Waals surface area contributed by atoms with Crippen molar-refractivity contribution in [2.45, 2.75) is 32.4 Å². The molecule has 2 heterocycles. The second-order valence-electron chi connectivity index (χ2n) is 4.12. The van der Waals surface area contributed by atoms with Crippen LogP contribution in [0.2, 0.25) is 0 Å². The van der Waals surface area contributed by atoms with Crippen LogP contribution in [0.5, 0.6) is 0 Å². The van der Waals surface area contributed by atoms with Crippen LogP contribution in [-0.2, 0) is 6.54 Å². The lowest BCUT2D eigenvalue weighted by Crippen LogP contribution is -2.16. The Bertz CT molecular complexity index is 484. The van der Waals surface area contributed by atoms with Crippen molar-refractivity contribution in [2.75, 3.05) is 0 Å². The van der Waals surface area contributed by atoms with Crippen LogP contribution in [0.1, 0.15) is 24.4 Å². The van der Waals surface area contributed by atoms with Crippen LogP contribution >= 0.6 is 0 Å². The second-order valence-corrected chi connectivity index (χ2v) is 4.12. The molecule has 0 radical (unpaired) electrons. The molecule has 2 aromatic rings. The summed E-state index contributed by atoms with van der Waals surface area (Å²) in [6.07, 6.45) is 2.60. The molecule has 0 amide bonds. The number of hydrogen-bond acceptors (Lipinski definition) is 3. The van der Waals surface area contributed by atoms with E-state index in [1.165, 1.54) is 12.8 Å². The minimum atomic E-state index is 0.706. The molecule has 1 aliphatic carbocycles. The highest BCUT2D eigenvalue weighted by molar-refractivity contribution is 5.38. The summed E-state index contributed by atoms with van der Waals surface area (Å²) in [4.78, 5) is 4.46. The van der Waals surface area contributed by atoms with Gasteiger partial charge in [0, 0.05) is 11.7 Å². The molecular weight excluding hydrogens is 188 g/mol. The maximum Gasteiger partial charge on any atom is 0.165 e. The molecule has 0 aliphatic heterocycles. The van der Waals surface area contributed by atoms with E-state index in [-0.39, 0.29) is 0 Å². The summed E-state index contributed by atoms with van der Waals surface area (Å²) >= 11 is 0. The molecular formula is C11H14N4. The van der Waals surface area contributed by atoms with E-state index in [0.717, 1.165) is 23.7 Å². The number of nitrogens with zero attached hydrogens (tertiary/aromatic N) is 3. The standard InChI is InChI=1S/C11H14N4/c1-8-3-2-4-11-13-10(14-15(8)11)7-12-9-5-6-9/h2-4,9,12H,5-7H2,1H3. The summed E-state index contributed by atoms with van der Waals surface area (Å²) in [6.45, 7) is 2.82. The fraction of sp³-hybridized carbons (Fsp3) is 0.455. The molecule has 0 spiro atoms. The molecule has 0 bridgehead atoms. The molecule has 0 aromatic carbocycles. The summed E-state index contributed by atoms with van der Waals surface area (Å²) in [5.41, 5.74) is 2.06. The highest BCUT2D eigenvalue weighted by Crippen LogP contribution is 2.18. The van der Waals surface area contributed by atoms with Crippen molar-refractivity contribution >= 4 is 5.65 Å². The Balaban J connectivity index is 1.88. The van der Waals surface area contributed by atoms with Gasteiger partial charge < -0.3 is 5.32 Å². The Morgan fingerprint density at radius 3 is 3.07 bits per heavy atom. The van der Waals surface area contributed by atoms with Crippen molar-refractivity contribution in [2.24, 2.45) is 0 Å². The van der Waals surface area contributed by atoms with E-state index in [1.54, 1.807) is 0 Å². The van der Waals surface area contributed by atoms with Crippen molar-refractivity contribution in [1.82, 2.24) is 19.9 Å². The van der Waals surface area contributed by atoms with Crippen molar-refractivity contribution in [1.29, 1.82) is 0 Å². The van der Waals surface area contributed by atoms with Crippen molar-refractivity contribution in [3.05, 3.63) is 29.7 Å². The van der Waals surface area contributed by atoms with Gasteiger partial charge in [-0.3, -0.25) is 0 Å². The van der Waals surface area contributed by atoms with Gasteiger partial charge in [-0.1, -0.05) is 6.07 Å². The molecule has 4 heteroatoms. The zero-order chi connectivity index (χ0) is 10.3. The largest absolute Gasteiger partial charge is 0.307 e. The van der Waals surface area contributed by atoms with Crippen LogP contribution in [-0.4, -0.2) is 20.6 Å². The lowest BCUT2D eigenvalue weighted by Gasteiger charge is -1.96. The fourth-order valence-electron chi connectivity index (χ4n) is 1.68. The van der Waals surface area contributed by atoms with Crippen molar-refractivity contribution in [3.8, 4) is 0 Å². The van der Waals surface area contributed by atoms with Gasteiger partial charge in [0.05, 0.1) is 6.54 Å².